The zero-order valence-electron chi connectivity index (χ0n) is 7.81. The molecule has 0 aromatic heterocycles. The van der Waals surface area contributed by atoms with E-state index in [1.54, 1.807) is 0 Å². The first-order chi connectivity index (χ1) is 7.33. The van der Waals surface area contributed by atoms with Gasteiger partial charge in [-0.1, -0.05) is 17.7 Å². The predicted molar refractivity (Wildman–Crippen MR) is 50.3 cm³/mol. The van der Waals surface area contributed by atoms with Gasteiger partial charge in [0.05, 0.1) is 0 Å². The standard InChI is InChI=1S/C10H6ClF3O2/c11-5-2-1-3-6(12)7(5)9(8(15)16)4-10(9,13)14/h1-3H,4H2,(H,15,16). The molecule has 1 N–H and O–H groups in total. The van der Waals surface area contributed by atoms with Gasteiger partial charge in [0.15, 0.2) is 5.41 Å². The van der Waals surface area contributed by atoms with Gasteiger partial charge in [0.2, 0.25) is 0 Å². The van der Waals surface area contributed by atoms with Gasteiger partial charge in [0.1, 0.15) is 5.82 Å². The van der Waals surface area contributed by atoms with E-state index in [0.29, 0.717) is 0 Å². The molecule has 86 valence electrons. The van der Waals surface area contributed by atoms with E-state index in [1.165, 1.54) is 12.1 Å². The van der Waals surface area contributed by atoms with Crippen molar-refractivity contribution in [1.82, 2.24) is 0 Å². The molecule has 0 radical (unpaired) electrons. The van der Waals surface area contributed by atoms with E-state index < -0.39 is 35.1 Å². The summed E-state index contributed by atoms with van der Waals surface area (Å²) < 4.78 is 39.7. The summed E-state index contributed by atoms with van der Waals surface area (Å²) in [6.45, 7) is 0. The molecule has 6 heteroatoms. The Hall–Kier alpha value is -1.23. The van der Waals surface area contributed by atoms with Crippen LogP contribution < -0.4 is 0 Å². The highest BCUT2D eigenvalue weighted by Crippen LogP contribution is 2.63. The summed E-state index contributed by atoms with van der Waals surface area (Å²) in [6, 6.07) is 3.34. The highest BCUT2D eigenvalue weighted by molar-refractivity contribution is 6.32. The first kappa shape index (κ1) is 11.3. The summed E-state index contributed by atoms with van der Waals surface area (Å²) in [4.78, 5) is 10.9. The second-order valence-electron chi connectivity index (χ2n) is 3.69. The Morgan fingerprint density at radius 3 is 2.38 bits per heavy atom. The fraction of sp³-hybridized carbons (Fsp3) is 0.300. The zero-order valence-corrected chi connectivity index (χ0v) is 8.56. The number of halogens is 4. The van der Waals surface area contributed by atoms with Crippen LogP contribution in [0.1, 0.15) is 12.0 Å². The molecule has 1 aliphatic rings. The Bertz CT molecular complexity index is 455. The lowest BCUT2D eigenvalue weighted by atomic mass is 9.94. The third kappa shape index (κ3) is 1.24. The summed E-state index contributed by atoms with van der Waals surface area (Å²) in [7, 11) is 0. The van der Waals surface area contributed by atoms with Crippen LogP contribution in [0, 0.1) is 5.82 Å². The minimum atomic E-state index is -3.45. The van der Waals surface area contributed by atoms with E-state index in [9.17, 15) is 18.0 Å². The third-order valence-electron chi connectivity index (χ3n) is 2.74. The highest BCUT2D eigenvalue weighted by Gasteiger charge is 2.78. The van der Waals surface area contributed by atoms with Gasteiger partial charge in [-0.2, -0.15) is 0 Å². The Morgan fingerprint density at radius 2 is 2.00 bits per heavy atom. The summed E-state index contributed by atoms with van der Waals surface area (Å²) in [5.74, 6) is -6.23. The molecule has 2 rings (SSSR count). The number of carboxylic acid groups (broad SMARTS) is 1. The molecule has 0 amide bonds. The summed E-state index contributed by atoms with van der Waals surface area (Å²) in [5, 5.41) is 8.54. The first-order valence-corrected chi connectivity index (χ1v) is 4.76. The summed E-state index contributed by atoms with van der Waals surface area (Å²) in [6.07, 6.45) is -0.921. The number of alkyl halides is 2. The molecular weight excluding hydrogens is 245 g/mol. The SMILES string of the molecule is O=C(O)C1(c2c(F)cccc2Cl)CC1(F)F. The number of aliphatic carboxylic acids is 1. The zero-order chi connectivity index (χ0) is 12.1. The average molecular weight is 251 g/mol. The van der Waals surface area contributed by atoms with Crippen LogP contribution in [-0.2, 0) is 10.2 Å². The van der Waals surface area contributed by atoms with Crippen LogP contribution in [0.3, 0.4) is 0 Å². The van der Waals surface area contributed by atoms with Crippen molar-refractivity contribution < 1.29 is 23.1 Å². The van der Waals surface area contributed by atoms with Gasteiger partial charge in [0.25, 0.3) is 5.92 Å². The van der Waals surface area contributed by atoms with E-state index >= 15 is 0 Å². The highest BCUT2D eigenvalue weighted by atomic mass is 35.5. The number of carboxylic acids is 1. The number of hydrogen-bond acceptors (Lipinski definition) is 1. The van der Waals surface area contributed by atoms with E-state index in [2.05, 4.69) is 0 Å². The van der Waals surface area contributed by atoms with Gasteiger partial charge < -0.3 is 5.11 Å². The van der Waals surface area contributed by atoms with Gasteiger partial charge >= 0.3 is 5.97 Å². The van der Waals surface area contributed by atoms with E-state index in [1.807, 2.05) is 0 Å². The molecule has 0 saturated heterocycles. The van der Waals surface area contributed by atoms with Gasteiger partial charge in [0, 0.05) is 17.0 Å². The fourth-order valence-electron chi connectivity index (χ4n) is 1.80. The van der Waals surface area contributed by atoms with Crippen molar-refractivity contribution in [2.24, 2.45) is 0 Å². The molecule has 1 aromatic rings. The lowest BCUT2D eigenvalue weighted by molar-refractivity contribution is -0.143. The largest absolute Gasteiger partial charge is 0.480 e. The van der Waals surface area contributed by atoms with Crippen molar-refractivity contribution >= 4 is 17.6 Å². The maximum Gasteiger partial charge on any atom is 0.320 e. The first-order valence-electron chi connectivity index (χ1n) is 4.38. The minimum Gasteiger partial charge on any atom is -0.480 e. The van der Waals surface area contributed by atoms with Crippen LogP contribution in [0.2, 0.25) is 5.02 Å². The Balaban J connectivity index is 2.64. The van der Waals surface area contributed by atoms with E-state index in [-0.39, 0.29) is 5.02 Å². The van der Waals surface area contributed by atoms with Crippen LogP contribution in [0.25, 0.3) is 0 Å². The molecule has 0 spiro atoms. The van der Waals surface area contributed by atoms with Crippen molar-refractivity contribution in [1.29, 1.82) is 0 Å². The second-order valence-corrected chi connectivity index (χ2v) is 4.10. The maximum absolute atomic E-state index is 13.4. The maximum atomic E-state index is 13.4. The van der Waals surface area contributed by atoms with Crippen molar-refractivity contribution in [3.8, 4) is 0 Å². The smallest absolute Gasteiger partial charge is 0.320 e. The molecule has 16 heavy (non-hydrogen) atoms. The van der Waals surface area contributed by atoms with Crippen molar-refractivity contribution in [2.45, 2.75) is 17.8 Å². The molecule has 1 unspecified atom stereocenters. The molecule has 1 aliphatic carbocycles. The Kier molecular flexibility index (Phi) is 2.21. The molecule has 2 nitrogen and oxygen atoms in total. The molecular formula is C10H6ClF3O2. The monoisotopic (exact) mass is 250 g/mol. The topological polar surface area (TPSA) is 37.3 Å². The Morgan fingerprint density at radius 1 is 1.44 bits per heavy atom. The summed E-state index contributed by atoms with van der Waals surface area (Å²) in [5.41, 5.74) is -3.13. The quantitative estimate of drug-likeness (QED) is 0.876. The number of benzene rings is 1. The number of carbonyl (C=O) groups is 1. The molecule has 1 saturated carbocycles. The van der Waals surface area contributed by atoms with Gasteiger partial charge in [-0.15, -0.1) is 0 Å². The van der Waals surface area contributed by atoms with Crippen LogP contribution >= 0.6 is 11.6 Å². The van der Waals surface area contributed by atoms with Crippen LogP contribution in [0.5, 0.6) is 0 Å². The van der Waals surface area contributed by atoms with Crippen LogP contribution in [0.4, 0.5) is 13.2 Å². The van der Waals surface area contributed by atoms with E-state index in [0.717, 1.165) is 6.07 Å². The van der Waals surface area contributed by atoms with Gasteiger partial charge in [-0.25, -0.2) is 13.2 Å². The van der Waals surface area contributed by atoms with Crippen molar-refractivity contribution in [2.75, 3.05) is 0 Å². The summed E-state index contributed by atoms with van der Waals surface area (Å²) >= 11 is 5.59. The van der Waals surface area contributed by atoms with Gasteiger partial charge in [-0.05, 0) is 12.1 Å². The Labute approximate surface area is 93.6 Å². The normalized spacial score (nSPS) is 26.5. The van der Waals surface area contributed by atoms with Crippen molar-refractivity contribution in [3.05, 3.63) is 34.6 Å². The fourth-order valence-corrected chi connectivity index (χ4v) is 2.13. The van der Waals surface area contributed by atoms with Crippen LogP contribution in [-0.4, -0.2) is 17.0 Å². The molecule has 1 fully saturated rings. The third-order valence-corrected chi connectivity index (χ3v) is 3.06. The molecule has 0 aliphatic heterocycles. The predicted octanol–water partition coefficient (Wildman–Crippen LogP) is 2.84. The molecule has 1 atom stereocenters. The van der Waals surface area contributed by atoms with E-state index in [4.69, 9.17) is 16.7 Å². The minimum absolute atomic E-state index is 0.292. The average Bonchev–Trinajstić information content (AvgIpc) is 2.70. The number of hydrogen-bond donors (Lipinski definition) is 1. The lowest BCUT2D eigenvalue weighted by Gasteiger charge is -2.14. The lowest BCUT2D eigenvalue weighted by Crippen LogP contribution is -2.28. The second kappa shape index (κ2) is 3.13. The number of rotatable bonds is 2. The molecule has 1 aromatic carbocycles. The van der Waals surface area contributed by atoms with Gasteiger partial charge in [-0.3, -0.25) is 4.79 Å². The molecule has 0 heterocycles. The van der Waals surface area contributed by atoms with Crippen molar-refractivity contribution in [3.63, 3.8) is 0 Å². The van der Waals surface area contributed by atoms with Crippen LogP contribution in [0.15, 0.2) is 18.2 Å². The molecule has 0 bridgehead atoms.